The van der Waals surface area contributed by atoms with E-state index in [1.807, 2.05) is 0 Å². The van der Waals surface area contributed by atoms with E-state index in [2.05, 4.69) is 15.5 Å². The molecule has 0 aromatic carbocycles. The molecule has 1 fully saturated rings. The van der Waals surface area contributed by atoms with Gasteiger partial charge >= 0.3 is 18.0 Å². The number of fused-ring (bicyclic) bond motifs is 1. The number of allylic oxidation sites excluding steroid dienone is 1. The fourth-order valence-corrected chi connectivity index (χ4v) is 5.66. The van der Waals surface area contributed by atoms with E-state index in [0.29, 0.717) is 10.8 Å². The minimum Gasteiger partial charge on any atom is -0.503 e. The lowest BCUT2D eigenvalue weighted by Gasteiger charge is -2.49. The van der Waals surface area contributed by atoms with Crippen molar-refractivity contribution in [2.24, 2.45) is 5.16 Å². The summed E-state index contributed by atoms with van der Waals surface area (Å²) in [5.41, 5.74) is 1.95. The van der Waals surface area contributed by atoms with E-state index in [0.717, 1.165) is 40.1 Å². The van der Waals surface area contributed by atoms with Crippen LogP contribution in [0.4, 0.5) is 9.93 Å². The monoisotopic (exact) mass is 634 g/mol. The Kier molecular flexibility index (Phi) is 8.31. The Bertz CT molecular complexity index is 1710. The third-order valence-corrected chi connectivity index (χ3v) is 8.05. The zero-order valence-electron chi connectivity index (χ0n) is 22.1. The molecule has 1 saturated heterocycles. The molecule has 2 atom stereocenters. The van der Waals surface area contributed by atoms with Gasteiger partial charge in [0, 0.05) is 17.2 Å². The molecule has 0 bridgehead atoms. The lowest BCUT2D eigenvalue weighted by molar-refractivity contribution is -0.161. The Labute approximate surface area is 248 Å². The number of β-lactam (4-membered cyclic amide) rings is 1. The second-order valence-corrected chi connectivity index (χ2v) is 11.4. The highest BCUT2D eigenvalue weighted by Gasteiger charge is 2.54. The first-order valence-corrected chi connectivity index (χ1v) is 13.8. The average molecular weight is 635 g/mol. The minimum atomic E-state index is -1.82. The van der Waals surface area contributed by atoms with Crippen LogP contribution in [-0.4, -0.2) is 93.2 Å². The number of rotatable bonds is 9. The van der Waals surface area contributed by atoms with Crippen molar-refractivity contribution in [2.75, 3.05) is 11.5 Å². The van der Waals surface area contributed by atoms with Gasteiger partial charge in [0.05, 0.1) is 11.9 Å². The molecule has 19 heteroatoms. The van der Waals surface area contributed by atoms with Gasteiger partial charge in [-0.3, -0.25) is 19.3 Å². The standard InChI is InChI=1S/C24H22N6O11S2/c1-24(2,21(37)38)41-28-14(11-8-43-22(25)26-11)17(33)27-15-18(34)30-16(20(35)36)9(7-42-19(15)30)3-4-10-5-12(31)13(32)6-29(10)23(39)40/h3-6,8,15,19,32H,7H2,1-2H3,(H2,25,26)(H,27,33)(H,35,36)(H,37,38)(H,39,40)/b4-3?,28-14-/t15-,19-/m1/s1. The lowest BCUT2D eigenvalue weighted by atomic mass is 10.0. The SMILES string of the molecule is CC(C)(O/N=C(\C(=O)N[C@@H]1C(=O)N2C(C(=O)O)=C(C=Cc3cc(=O)c(O)cn3C(=O)O)CS[C@H]12)c1csc(N)n1)C(=O)O. The number of thioether (sulfide) groups is 1. The van der Waals surface area contributed by atoms with Crippen molar-refractivity contribution >= 4 is 69.9 Å². The number of nitrogens with one attached hydrogen (secondary N) is 1. The van der Waals surface area contributed by atoms with Crippen molar-refractivity contribution in [1.82, 2.24) is 19.8 Å². The number of aromatic hydroxyl groups is 1. The van der Waals surface area contributed by atoms with Crippen molar-refractivity contribution in [1.29, 1.82) is 0 Å². The Morgan fingerprint density at radius 1 is 1.21 bits per heavy atom. The number of carbonyl (C=O) groups is 5. The summed E-state index contributed by atoms with van der Waals surface area (Å²) in [5.74, 6) is -5.39. The van der Waals surface area contributed by atoms with Crippen LogP contribution in [0.15, 0.2) is 44.9 Å². The number of nitrogens with two attached hydrogens (primary N) is 1. The number of carbonyl (C=O) groups excluding carboxylic acids is 2. The number of nitrogen functional groups attached to an aromatic ring is 1. The van der Waals surface area contributed by atoms with Gasteiger partial charge in [-0.05, 0) is 25.5 Å². The first kappa shape index (κ1) is 30.8. The maximum atomic E-state index is 13.2. The number of anilines is 1. The van der Waals surface area contributed by atoms with Gasteiger partial charge in [-0.2, -0.15) is 0 Å². The molecule has 0 unspecified atom stereocenters. The molecule has 2 aliphatic heterocycles. The van der Waals surface area contributed by atoms with Crippen molar-refractivity contribution in [2.45, 2.75) is 30.9 Å². The summed E-state index contributed by atoms with van der Waals surface area (Å²) >= 11 is 2.06. The van der Waals surface area contributed by atoms with Crippen LogP contribution in [-0.2, 0) is 24.0 Å². The molecule has 2 aromatic rings. The van der Waals surface area contributed by atoms with E-state index in [4.69, 9.17) is 10.6 Å². The van der Waals surface area contributed by atoms with Gasteiger partial charge in [0.25, 0.3) is 11.8 Å². The summed E-state index contributed by atoms with van der Waals surface area (Å²) in [6.07, 6.45) is 1.56. The smallest absolute Gasteiger partial charge is 0.416 e. The lowest BCUT2D eigenvalue weighted by Crippen LogP contribution is -2.71. The second-order valence-electron chi connectivity index (χ2n) is 9.39. The molecule has 4 rings (SSSR count). The molecule has 2 aromatic heterocycles. The van der Waals surface area contributed by atoms with E-state index in [-0.39, 0.29) is 27.8 Å². The zero-order chi connectivity index (χ0) is 31.8. The van der Waals surface area contributed by atoms with Crippen molar-refractivity contribution in [3.63, 3.8) is 0 Å². The van der Waals surface area contributed by atoms with Crippen LogP contribution in [0.2, 0.25) is 0 Å². The van der Waals surface area contributed by atoms with E-state index in [9.17, 15) is 49.2 Å². The number of carboxylic acid groups (broad SMARTS) is 3. The van der Waals surface area contributed by atoms with Crippen LogP contribution in [0.1, 0.15) is 25.2 Å². The van der Waals surface area contributed by atoms with Gasteiger partial charge in [0.1, 0.15) is 22.8 Å². The molecule has 4 heterocycles. The topological polar surface area (TPSA) is 264 Å². The molecular formula is C24H22N6O11S2. The van der Waals surface area contributed by atoms with Crippen molar-refractivity contribution < 1.29 is 49.2 Å². The molecule has 2 amide bonds. The predicted molar refractivity (Wildman–Crippen MR) is 150 cm³/mol. The highest BCUT2D eigenvalue weighted by atomic mass is 32.2. The van der Waals surface area contributed by atoms with Crippen LogP contribution in [0.5, 0.6) is 5.75 Å². The van der Waals surface area contributed by atoms with E-state index < -0.39 is 69.5 Å². The first-order valence-electron chi connectivity index (χ1n) is 11.9. The molecule has 0 aliphatic carbocycles. The number of thiazole rings is 1. The molecule has 2 aliphatic rings. The zero-order valence-corrected chi connectivity index (χ0v) is 23.7. The van der Waals surface area contributed by atoms with Gasteiger partial charge in [0.15, 0.2) is 16.6 Å². The van der Waals surface area contributed by atoms with E-state index in [1.54, 1.807) is 0 Å². The number of oxime groups is 1. The second kappa shape index (κ2) is 11.6. The summed E-state index contributed by atoms with van der Waals surface area (Å²) < 4.78 is 0.559. The number of aromatic nitrogens is 2. The first-order chi connectivity index (χ1) is 20.1. The summed E-state index contributed by atoms with van der Waals surface area (Å²) in [6.45, 7) is 2.40. The molecule has 7 N–H and O–H groups in total. The number of carboxylic acids is 2. The van der Waals surface area contributed by atoms with E-state index in [1.165, 1.54) is 25.3 Å². The third-order valence-electron chi connectivity index (χ3n) is 6.07. The van der Waals surface area contributed by atoms with Crippen LogP contribution >= 0.6 is 23.1 Å². The predicted octanol–water partition coefficient (Wildman–Crippen LogP) is 0.155. The quantitative estimate of drug-likeness (QED) is 0.122. The van der Waals surface area contributed by atoms with E-state index >= 15 is 0 Å². The fourth-order valence-electron chi connectivity index (χ4n) is 3.80. The Hall–Kier alpha value is -5.17. The Balaban J connectivity index is 1.60. The maximum Gasteiger partial charge on any atom is 0.416 e. The summed E-state index contributed by atoms with van der Waals surface area (Å²) in [4.78, 5) is 83.2. The number of pyridine rings is 1. The van der Waals surface area contributed by atoms with Crippen LogP contribution in [0, 0.1) is 0 Å². The number of hydrogen-bond donors (Lipinski definition) is 6. The molecule has 0 saturated carbocycles. The molecule has 17 nitrogen and oxygen atoms in total. The highest BCUT2D eigenvalue weighted by molar-refractivity contribution is 8.00. The Morgan fingerprint density at radius 3 is 2.49 bits per heavy atom. The fraction of sp³-hybridized carbons (Fsp3) is 0.250. The highest BCUT2D eigenvalue weighted by Crippen LogP contribution is 2.41. The van der Waals surface area contributed by atoms with Gasteiger partial charge < -0.3 is 36.3 Å². The number of nitrogens with zero attached hydrogens (tertiary/aromatic N) is 4. The van der Waals surface area contributed by atoms with Crippen LogP contribution in [0.3, 0.4) is 0 Å². The Morgan fingerprint density at radius 2 is 1.91 bits per heavy atom. The number of aliphatic carboxylic acids is 2. The molecule has 0 spiro atoms. The average Bonchev–Trinajstić information content (AvgIpc) is 3.36. The maximum absolute atomic E-state index is 13.2. The largest absolute Gasteiger partial charge is 0.503 e. The van der Waals surface area contributed by atoms with Crippen LogP contribution in [0.25, 0.3) is 6.08 Å². The van der Waals surface area contributed by atoms with Crippen LogP contribution < -0.4 is 16.5 Å². The van der Waals surface area contributed by atoms with Crippen molar-refractivity contribution in [3.8, 4) is 5.75 Å². The van der Waals surface area contributed by atoms with Gasteiger partial charge in [-0.1, -0.05) is 11.2 Å². The third kappa shape index (κ3) is 6.06. The molecular weight excluding hydrogens is 612 g/mol. The van der Waals surface area contributed by atoms with Crippen molar-refractivity contribution in [3.05, 3.63) is 56.6 Å². The van der Waals surface area contributed by atoms with Gasteiger partial charge in [0.2, 0.25) is 11.0 Å². The summed E-state index contributed by atoms with van der Waals surface area (Å²) in [7, 11) is 0. The molecule has 43 heavy (non-hydrogen) atoms. The molecule has 226 valence electrons. The van der Waals surface area contributed by atoms with Gasteiger partial charge in [-0.15, -0.1) is 23.1 Å². The minimum absolute atomic E-state index is 0.00775. The van der Waals surface area contributed by atoms with Gasteiger partial charge in [-0.25, -0.2) is 23.9 Å². The molecule has 0 radical (unpaired) electrons. The summed E-state index contributed by atoms with van der Waals surface area (Å²) in [5, 5.41) is 44.8. The number of hydrogen-bond acceptors (Lipinski definition) is 13. The number of amides is 2. The summed E-state index contributed by atoms with van der Waals surface area (Å²) in [6, 6.07) is -0.364. The normalized spacial score (nSPS) is 18.7.